The zero-order valence-electron chi connectivity index (χ0n) is 16.3. The Balaban J connectivity index is 1.73. The molecule has 0 radical (unpaired) electrons. The number of nitriles is 1. The Hall–Kier alpha value is -4.25. The fourth-order valence-corrected chi connectivity index (χ4v) is 3.43. The van der Waals surface area contributed by atoms with Gasteiger partial charge in [0.1, 0.15) is 0 Å². The molecule has 0 saturated carbocycles. The first-order chi connectivity index (χ1) is 14.3. The lowest BCUT2D eigenvalue weighted by Gasteiger charge is -2.21. The molecular weight excluding hydrogens is 382 g/mol. The van der Waals surface area contributed by atoms with E-state index in [9.17, 15) is 14.4 Å². The number of amides is 4. The van der Waals surface area contributed by atoms with Crippen LogP contribution in [0.4, 0.5) is 4.79 Å². The number of carbonyl (C=O) groups excluding carboxylic acids is 3. The Labute approximate surface area is 172 Å². The number of hydrogen-bond acceptors (Lipinski definition) is 5. The van der Waals surface area contributed by atoms with Crippen LogP contribution in [-0.2, 0) is 15.1 Å². The molecule has 8 nitrogen and oxygen atoms in total. The first-order valence-corrected chi connectivity index (χ1v) is 9.17. The summed E-state index contributed by atoms with van der Waals surface area (Å²) in [6.45, 7) is 2.92. The van der Waals surface area contributed by atoms with Crippen molar-refractivity contribution in [1.82, 2.24) is 15.1 Å². The number of urea groups is 1. The zero-order valence-corrected chi connectivity index (χ0v) is 16.3. The Morgan fingerprint density at radius 3 is 2.50 bits per heavy atom. The van der Waals surface area contributed by atoms with E-state index in [1.54, 1.807) is 31.2 Å². The summed E-state index contributed by atoms with van der Waals surface area (Å²) in [4.78, 5) is 43.6. The molecule has 1 N–H and O–H groups in total. The summed E-state index contributed by atoms with van der Waals surface area (Å²) in [5, 5.41) is 11.7. The number of carbonyl (C=O) groups is 3. The molecule has 0 bridgehead atoms. The summed E-state index contributed by atoms with van der Waals surface area (Å²) < 4.78 is 0. The van der Waals surface area contributed by atoms with Crippen LogP contribution >= 0.6 is 0 Å². The molecule has 4 rings (SSSR count). The fourth-order valence-electron chi connectivity index (χ4n) is 3.43. The molecule has 2 aromatic carbocycles. The van der Waals surface area contributed by atoms with E-state index < -0.39 is 17.5 Å². The van der Waals surface area contributed by atoms with Crippen molar-refractivity contribution in [2.45, 2.75) is 19.4 Å². The molecule has 2 aromatic rings. The number of aliphatic imine (C=N–C) groups is 1. The van der Waals surface area contributed by atoms with E-state index in [1.165, 1.54) is 24.2 Å². The number of hydrogen-bond donors (Lipinski definition) is 1. The maximum atomic E-state index is 13.2. The van der Waals surface area contributed by atoms with Gasteiger partial charge in [-0.05, 0) is 41.8 Å². The third-order valence-corrected chi connectivity index (χ3v) is 5.08. The topological polar surface area (TPSA) is 106 Å². The zero-order chi connectivity index (χ0) is 21.5. The fraction of sp³-hybridized carbons (Fsp3) is 0.136. The molecule has 0 aromatic heterocycles. The number of rotatable bonds is 2. The summed E-state index contributed by atoms with van der Waals surface area (Å²) in [6.07, 6.45) is 2.60. The largest absolute Gasteiger partial charge is 0.335 e. The summed E-state index contributed by atoms with van der Waals surface area (Å²) in [7, 11) is 0. The molecule has 0 fully saturated rings. The molecule has 0 spiro atoms. The van der Waals surface area contributed by atoms with E-state index in [2.05, 4.69) is 16.4 Å². The SMILES string of the molecule is CC(=O)N1C=CN2C(=O)C(C)(c3cccc(-c4cccc(C#N)c4)c3)N=C2NC1=O. The molecule has 2 aliphatic rings. The van der Waals surface area contributed by atoms with E-state index >= 15 is 0 Å². The number of benzene rings is 2. The minimum absolute atomic E-state index is 0.0596. The molecule has 2 aliphatic heterocycles. The van der Waals surface area contributed by atoms with Crippen LogP contribution in [0.15, 0.2) is 65.9 Å². The first kappa shape index (κ1) is 19.1. The van der Waals surface area contributed by atoms with E-state index in [-0.39, 0.29) is 11.9 Å². The van der Waals surface area contributed by atoms with Crippen LogP contribution in [-0.4, -0.2) is 33.6 Å². The second-order valence-electron chi connectivity index (χ2n) is 7.07. The van der Waals surface area contributed by atoms with Crippen LogP contribution in [0.3, 0.4) is 0 Å². The van der Waals surface area contributed by atoms with Gasteiger partial charge in [0, 0.05) is 19.3 Å². The van der Waals surface area contributed by atoms with E-state index in [4.69, 9.17) is 5.26 Å². The van der Waals surface area contributed by atoms with E-state index in [0.29, 0.717) is 11.1 Å². The molecule has 1 unspecified atom stereocenters. The maximum absolute atomic E-state index is 13.2. The number of imide groups is 1. The monoisotopic (exact) mass is 399 g/mol. The number of fused-ring (bicyclic) bond motifs is 1. The van der Waals surface area contributed by atoms with Crippen molar-refractivity contribution in [3.05, 3.63) is 72.1 Å². The van der Waals surface area contributed by atoms with Crippen LogP contribution < -0.4 is 5.32 Å². The van der Waals surface area contributed by atoms with Gasteiger partial charge in [0.15, 0.2) is 5.54 Å². The van der Waals surface area contributed by atoms with Gasteiger partial charge in [0.05, 0.1) is 11.6 Å². The van der Waals surface area contributed by atoms with E-state index in [0.717, 1.165) is 16.0 Å². The van der Waals surface area contributed by atoms with Gasteiger partial charge >= 0.3 is 6.03 Å². The first-order valence-electron chi connectivity index (χ1n) is 9.17. The van der Waals surface area contributed by atoms with Gasteiger partial charge in [-0.1, -0.05) is 30.3 Å². The van der Waals surface area contributed by atoms with Crippen LogP contribution in [0.2, 0.25) is 0 Å². The van der Waals surface area contributed by atoms with Gasteiger partial charge in [0.25, 0.3) is 5.91 Å². The van der Waals surface area contributed by atoms with Crippen molar-refractivity contribution in [2.24, 2.45) is 4.99 Å². The van der Waals surface area contributed by atoms with Crippen LogP contribution in [0.25, 0.3) is 11.1 Å². The highest BCUT2D eigenvalue weighted by Crippen LogP contribution is 2.35. The number of guanidine groups is 1. The normalized spacial score (nSPS) is 20.2. The van der Waals surface area contributed by atoms with Crippen molar-refractivity contribution in [3.8, 4) is 17.2 Å². The highest BCUT2D eigenvalue weighted by molar-refractivity contribution is 6.14. The minimum atomic E-state index is -1.26. The molecule has 148 valence electrons. The summed E-state index contributed by atoms with van der Waals surface area (Å²) in [5.74, 6) is -0.778. The summed E-state index contributed by atoms with van der Waals surface area (Å²) in [5.41, 5.74) is 1.60. The van der Waals surface area contributed by atoms with Gasteiger partial charge in [0.2, 0.25) is 11.9 Å². The number of nitrogens with zero attached hydrogens (tertiary/aromatic N) is 4. The Morgan fingerprint density at radius 2 is 1.80 bits per heavy atom. The smallest absolute Gasteiger partial charge is 0.277 e. The van der Waals surface area contributed by atoms with Gasteiger partial charge in [-0.3, -0.25) is 19.8 Å². The van der Waals surface area contributed by atoms with E-state index in [1.807, 2.05) is 24.3 Å². The van der Waals surface area contributed by atoms with Crippen LogP contribution in [0.1, 0.15) is 25.0 Å². The van der Waals surface area contributed by atoms with Gasteiger partial charge in [-0.2, -0.15) is 5.26 Å². The van der Waals surface area contributed by atoms with Crippen molar-refractivity contribution >= 4 is 23.8 Å². The third-order valence-electron chi connectivity index (χ3n) is 5.08. The Kier molecular flexibility index (Phi) is 4.43. The Morgan fingerprint density at radius 1 is 1.10 bits per heavy atom. The molecule has 1 atom stereocenters. The lowest BCUT2D eigenvalue weighted by atomic mass is 9.89. The average Bonchev–Trinajstić information content (AvgIpc) is 2.88. The van der Waals surface area contributed by atoms with Gasteiger partial charge < -0.3 is 0 Å². The average molecular weight is 399 g/mol. The van der Waals surface area contributed by atoms with Crippen molar-refractivity contribution < 1.29 is 14.4 Å². The summed E-state index contributed by atoms with van der Waals surface area (Å²) in [6, 6.07) is 16.0. The molecule has 0 saturated heterocycles. The lowest BCUT2D eigenvalue weighted by molar-refractivity contribution is -0.129. The van der Waals surface area contributed by atoms with Gasteiger partial charge in [-0.15, -0.1) is 0 Å². The second-order valence-corrected chi connectivity index (χ2v) is 7.07. The molecule has 2 heterocycles. The maximum Gasteiger partial charge on any atom is 0.335 e. The summed E-state index contributed by atoms with van der Waals surface area (Å²) >= 11 is 0. The van der Waals surface area contributed by atoms with Crippen LogP contribution in [0, 0.1) is 11.3 Å². The minimum Gasteiger partial charge on any atom is -0.277 e. The van der Waals surface area contributed by atoms with Crippen molar-refractivity contribution in [3.63, 3.8) is 0 Å². The quantitative estimate of drug-likeness (QED) is 0.838. The van der Waals surface area contributed by atoms with Gasteiger partial charge in [-0.25, -0.2) is 14.7 Å². The number of nitrogens with one attached hydrogen (secondary N) is 1. The molecular formula is C22H17N5O3. The molecule has 30 heavy (non-hydrogen) atoms. The molecule has 8 heteroatoms. The third kappa shape index (κ3) is 3.02. The van der Waals surface area contributed by atoms with Crippen molar-refractivity contribution in [2.75, 3.05) is 0 Å². The second kappa shape index (κ2) is 6.97. The van der Waals surface area contributed by atoms with Crippen LogP contribution in [0.5, 0.6) is 0 Å². The highest BCUT2D eigenvalue weighted by Gasteiger charge is 2.47. The Bertz CT molecular complexity index is 1190. The molecule has 4 amide bonds. The molecule has 0 aliphatic carbocycles. The van der Waals surface area contributed by atoms with Crippen molar-refractivity contribution in [1.29, 1.82) is 5.26 Å². The lowest BCUT2D eigenvalue weighted by Crippen LogP contribution is -2.44. The predicted molar refractivity (Wildman–Crippen MR) is 108 cm³/mol. The standard InChI is InChI=1S/C22H17N5O3/c1-14(28)26-9-10-27-19(29)22(2,25-20(27)24-21(26)30)18-8-4-7-17(12-18)16-6-3-5-15(11-16)13-23/h3-12H,1-2H3,(H,24,25,30). The highest BCUT2D eigenvalue weighted by atomic mass is 16.2. The predicted octanol–water partition coefficient (Wildman–Crippen LogP) is 2.68.